The number of rotatable bonds is 6. The first-order chi connectivity index (χ1) is 9.93. The number of aromatic nitrogens is 1. The van der Waals surface area contributed by atoms with E-state index in [-0.39, 0.29) is 5.69 Å². The van der Waals surface area contributed by atoms with Gasteiger partial charge in [-0.1, -0.05) is 12.8 Å². The summed E-state index contributed by atoms with van der Waals surface area (Å²) in [6.07, 6.45) is 3.59. The molecule has 0 aromatic carbocycles. The summed E-state index contributed by atoms with van der Waals surface area (Å²) in [5.74, 6) is 0.979. The van der Waals surface area contributed by atoms with Crippen LogP contribution in [0.2, 0.25) is 0 Å². The summed E-state index contributed by atoms with van der Waals surface area (Å²) in [5.41, 5.74) is -0.708. The monoisotopic (exact) mass is 294 g/mol. The van der Waals surface area contributed by atoms with Gasteiger partial charge in [0.25, 0.3) is 5.69 Å². The summed E-state index contributed by atoms with van der Waals surface area (Å²) >= 11 is 0. The Kier molecular flexibility index (Phi) is 4.62. The first-order valence-electron chi connectivity index (χ1n) is 7.27. The molecule has 7 heteroatoms. The van der Waals surface area contributed by atoms with Gasteiger partial charge in [-0.3, -0.25) is 10.1 Å². The largest absolute Gasteiger partial charge is 0.388 e. The molecule has 2 N–H and O–H groups in total. The molecule has 0 spiro atoms. The molecule has 1 saturated carbocycles. The molecular weight excluding hydrogens is 272 g/mol. The number of nitrogens with zero attached hydrogens (tertiary/aromatic N) is 3. The molecule has 0 saturated heterocycles. The zero-order valence-electron chi connectivity index (χ0n) is 12.5. The molecule has 1 aromatic heterocycles. The fraction of sp³-hybridized carbons (Fsp3) is 0.643. The lowest BCUT2D eigenvalue weighted by molar-refractivity contribution is -0.384. The van der Waals surface area contributed by atoms with Crippen molar-refractivity contribution in [2.75, 3.05) is 30.4 Å². The highest BCUT2D eigenvalue weighted by atomic mass is 16.6. The average molecular weight is 294 g/mol. The molecule has 0 unspecified atom stereocenters. The summed E-state index contributed by atoms with van der Waals surface area (Å²) in [6, 6.07) is 2.87. The highest BCUT2D eigenvalue weighted by Gasteiger charge is 2.32. The van der Waals surface area contributed by atoms with Gasteiger partial charge in [-0.05, 0) is 19.8 Å². The molecule has 1 aliphatic carbocycles. The maximum atomic E-state index is 11.0. The van der Waals surface area contributed by atoms with Crippen LogP contribution in [0.4, 0.5) is 17.3 Å². The quantitative estimate of drug-likeness (QED) is 0.617. The van der Waals surface area contributed by atoms with Crippen LogP contribution in [0.1, 0.15) is 32.6 Å². The first-order valence-corrected chi connectivity index (χ1v) is 7.27. The molecule has 0 radical (unpaired) electrons. The fourth-order valence-electron chi connectivity index (χ4n) is 2.79. The molecule has 21 heavy (non-hydrogen) atoms. The standard InChI is InChI=1S/C14H22N4O3/c1-3-15-12-8-11(18(20)21)9-13(16-12)17(2)10-14(19)6-4-5-7-14/h8-9,19H,3-7,10H2,1-2H3,(H,15,16). The Morgan fingerprint density at radius 1 is 1.48 bits per heavy atom. The molecule has 0 atom stereocenters. The number of hydrogen-bond acceptors (Lipinski definition) is 6. The van der Waals surface area contributed by atoms with Crippen molar-refractivity contribution in [3.63, 3.8) is 0 Å². The lowest BCUT2D eigenvalue weighted by atomic mass is 10.0. The molecule has 2 rings (SSSR count). The van der Waals surface area contributed by atoms with Crippen molar-refractivity contribution >= 4 is 17.3 Å². The highest BCUT2D eigenvalue weighted by molar-refractivity contribution is 5.55. The van der Waals surface area contributed by atoms with E-state index in [4.69, 9.17) is 0 Å². The zero-order chi connectivity index (χ0) is 15.5. The van der Waals surface area contributed by atoms with Gasteiger partial charge in [-0.15, -0.1) is 0 Å². The number of pyridine rings is 1. The Hall–Kier alpha value is -1.89. The van der Waals surface area contributed by atoms with Gasteiger partial charge in [0.15, 0.2) is 0 Å². The van der Waals surface area contributed by atoms with Gasteiger partial charge in [0.2, 0.25) is 0 Å². The summed E-state index contributed by atoms with van der Waals surface area (Å²) in [5, 5.41) is 24.5. The summed E-state index contributed by atoms with van der Waals surface area (Å²) in [7, 11) is 1.80. The summed E-state index contributed by atoms with van der Waals surface area (Å²) < 4.78 is 0. The molecule has 1 aliphatic rings. The third kappa shape index (κ3) is 3.81. The van der Waals surface area contributed by atoms with Crippen molar-refractivity contribution in [1.29, 1.82) is 0 Å². The SMILES string of the molecule is CCNc1cc([N+](=O)[O-])cc(N(C)CC2(O)CCCC2)n1. The van der Waals surface area contributed by atoms with Gasteiger partial charge in [-0.2, -0.15) is 0 Å². The second-order valence-corrected chi connectivity index (χ2v) is 5.64. The minimum absolute atomic E-state index is 0.00112. The lowest BCUT2D eigenvalue weighted by Crippen LogP contribution is -2.39. The molecular formula is C14H22N4O3. The van der Waals surface area contributed by atoms with Gasteiger partial charge < -0.3 is 15.3 Å². The number of anilines is 2. The van der Waals surface area contributed by atoms with Crippen LogP contribution in [-0.4, -0.2) is 40.8 Å². The average Bonchev–Trinajstić information content (AvgIpc) is 2.85. The summed E-state index contributed by atoms with van der Waals surface area (Å²) in [6.45, 7) is 2.99. The van der Waals surface area contributed by atoms with Crippen LogP contribution in [0.5, 0.6) is 0 Å². The van der Waals surface area contributed by atoms with E-state index in [0.29, 0.717) is 24.7 Å². The predicted octanol–water partition coefficient (Wildman–Crippen LogP) is 2.16. The normalized spacial score (nSPS) is 16.7. The molecule has 1 aromatic rings. The lowest BCUT2D eigenvalue weighted by Gasteiger charge is -2.29. The van der Waals surface area contributed by atoms with E-state index in [1.54, 1.807) is 11.9 Å². The number of nitro groups is 1. The highest BCUT2D eigenvalue weighted by Crippen LogP contribution is 2.31. The third-order valence-corrected chi connectivity index (χ3v) is 3.82. The Morgan fingerprint density at radius 2 is 2.14 bits per heavy atom. The van der Waals surface area contributed by atoms with Crippen LogP contribution >= 0.6 is 0 Å². The van der Waals surface area contributed by atoms with Gasteiger partial charge in [-0.25, -0.2) is 4.98 Å². The minimum atomic E-state index is -0.709. The van der Waals surface area contributed by atoms with Crippen LogP contribution < -0.4 is 10.2 Å². The number of likely N-dealkylation sites (N-methyl/N-ethyl adjacent to an activating group) is 1. The maximum Gasteiger partial charge on any atom is 0.276 e. The fourth-order valence-corrected chi connectivity index (χ4v) is 2.79. The van der Waals surface area contributed by atoms with Crippen molar-refractivity contribution in [2.45, 2.75) is 38.2 Å². The molecule has 0 amide bonds. The van der Waals surface area contributed by atoms with E-state index in [9.17, 15) is 15.2 Å². The number of aliphatic hydroxyl groups is 1. The molecule has 0 bridgehead atoms. The first kappa shape index (κ1) is 15.5. The van der Waals surface area contributed by atoms with Crippen LogP contribution in [-0.2, 0) is 0 Å². The van der Waals surface area contributed by atoms with Crippen LogP contribution in [0, 0.1) is 10.1 Å². The van der Waals surface area contributed by atoms with E-state index in [0.717, 1.165) is 25.7 Å². The van der Waals surface area contributed by atoms with E-state index in [1.165, 1.54) is 12.1 Å². The molecule has 1 fully saturated rings. The van der Waals surface area contributed by atoms with E-state index in [2.05, 4.69) is 10.3 Å². The molecule has 0 aliphatic heterocycles. The van der Waals surface area contributed by atoms with Crippen LogP contribution in [0.3, 0.4) is 0 Å². The van der Waals surface area contributed by atoms with Crippen molar-refractivity contribution < 1.29 is 10.0 Å². The third-order valence-electron chi connectivity index (χ3n) is 3.82. The topological polar surface area (TPSA) is 91.5 Å². The molecule has 1 heterocycles. The molecule has 116 valence electrons. The summed E-state index contributed by atoms with van der Waals surface area (Å²) in [4.78, 5) is 16.8. The van der Waals surface area contributed by atoms with Crippen molar-refractivity contribution in [1.82, 2.24) is 4.98 Å². The number of nitrogens with one attached hydrogen (secondary N) is 1. The number of hydrogen-bond donors (Lipinski definition) is 2. The van der Waals surface area contributed by atoms with Gasteiger partial charge in [0.05, 0.1) is 22.7 Å². The second-order valence-electron chi connectivity index (χ2n) is 5.64. The van der Waals surface area contributed by atoms with Crippen molar-refractivity contribution in [2.24, 2.45) is 0 Å². The Labute approximate surface area is 124 Å². The Balaban J connectivity index is 2.22. The van der Waals surface area contributed by atoms with E-state index in [1.807, 2.05) is 6.92 Å². The Morgan fingerprint density at radius 3 is 2.71 bits per heavy atom. The molecule has 7 nitrogen and oxygen atoms in total. The maximum absolute atomic E-state index is 11.0. The van der Waals surface area contributed by atoms with Gasteiger partial charge in [0, 0.05) is 20.1 Å². The van der Waals surface area contributed by atoms with Crippen LogP contribution in [0.15, 0.2) is 12.1 Å². The van der Waals surface area contributed by atoms with Gasteiger partial charge in [0.1, 0.15) is 11.6 Å². The van der Waals surface area contributed by atoms with Crippen molar-refractivity contribution in [3.05, 3.63) is 22.2 Å². The van der Waals surface area contributed by atoms with Crippen LogP contribution in [0.25, 0.3) is 0 Å². The van der Waals surface area contributed by atoms with E-state index >= 15 is 0 Å². The minimum Gasteiger partial charge on any atom is -0.388 e. The van der Waals surface area contributed by atoms with E-state index < -0.39 is 10.5 Å². The predicted molar refractivity (Wildman–Crippen MR) is 81.7 cm³/mol. The smallest absolute Gasteiger partial charge is 0.276 e. The zero-order valence-corrected chi connectivity index (χ0v) is 12.5. The van der Waals surface area contributed by atoms with Crippen molar-refractivity contribution in [3.8, 4) is 0 Å². The Bertz CT molecular complexity index is 515. The van der Waals surface area contributed by atoms with Gasteiger partial charge >= 0.3 is 0 Å². The second kappa shape index (κ2) is 6.26.